The van der Waals surface area contributed by atoms with Crippen LogP contribution in [0.4, 0.5) is 0 Å². The smallest absolute Gasteiger partial charge is 0.200 e. The van der Waals surface area contributed by atoms with Gasteiger partial charge in [-0.3, -0.25) is 4.57 Å². The molecule has 0 saturated carbocycles. The van der Waals surface area contributed by atoms with Gasteiger partial charge in [-0.2, -0.15) is 0 Å². The van der Waals surface area contributed by atoms with Crippen LogP contribution in [-0.4, -0.2) is 17.2 Å². The van der Waals surface area contributed by atoms with Gasteiger partial charge >= 0.3 is 0 Å². The molecule has 0 amide bonds. The van der Waals surface area contributed by atoms with Crippen LogP contribution in [0.2, 0.25) is 0 Å². The van der Waals surface area contributed by atoms with Crippen LogP contribution >= 0.6 is 7.37 Å². The minimum Gasteiger partial charge on any atom is -0.344 e. The Bertz CT molecular complexity index is 215. The van der Waals surface area contributed by atoms with Gasteiger partial charge in [0.15, 0.2) is 0 Å². The van der Waals surface area contributed by atoms with Crippen LogP contribution < -0.4 is 0 Å². The minimum atomic E-state index is -2.80. The molecule has 20 heavy (non-hydrogen) atoms. The average molecular weight is 386 g/mol. The van der Waals surface area contributed by atoms with Crippen molar-refractivity contribution in [2.45, 2.75) is 90.9 Å². The Hall–Kier alpha value is 0.878. The standard InChI is InChI=1S/C16H35O2P.Mo/c1-3-5-7-9-11-13-15-19(17,18)16-14-12-10-8-6-4-2;/h3-16H2,1-2H3,(H,17,18);. The van der Waals surface area contributed by atoms with Crippen LogP contribution in [0.15, 0.2) is 0 Å². The molecule has 0 aromatic carbocycles. The molecule has 0 rings (SSSR count). The van der Waals surface area contributed by atoms with Crippen molar-refractivity contribution in [2.24, 2.45) is 0 Å². The van der Waals surface area contributed by atoms with E-state index in [-0.39, 0.29) is 21.1 Å². The van der Waals surface area contributed by atoms with Gasteiger partial charge in [0, 0.05) is 33.4 Å². The molecule has 122 valence electrons. The second-order valence-corrected chi connectivity index (χ2v) is 8.42. The van der Waals surface area contributed by atoms with Gasteiger partial charge < -0.3 is 4.89 Å². The first-order valence-corrected chi connectivity index (χ1v) is 10.5. The molecule has 0 bridgehead atoms. The van der Waals surface area contributed by atoms with Crippen molar-refractivity contribution in [3.63, 3.8) is 0 Å². The van der Waals surface area contributed by atoms with Crippen LogP contribution in [0, 0.1) is 0 Å². The maximum atomic E-state index is 11.9. The van der Waals surface area contributed by atoms with Gasteiger partial charge in [0.2, 0.25) is 7.37 Å². The molecule has 0 aromatic heterocycles. The quantitative estimate of drug-likeness (QED) is 0.227. The zero-order chi connectivity index (χ0) is 14.4. The summed E-state index contributed by atoms with van der Waals surface area (Å²) >= 11 is 0. The van der Waals surface area contributed by atoms with Crippen LogP contribution in [0.1, 0.15) is 90.9 Å². The predicted molar refractivity (Wildman–Crippen MR) is 86.3 cm³/mol. The molecule has 0 aliphatic heterocycles. The van der Waals surface area contributed by atoms with Crippen molar-refractivity contribution in [1.29, 1.82) is 0 Å². The third-order valence-electron chi connectivity index (χ3n) is 3.72. The SMILES string of the molecule is CCCCCCCCP(=O)(O)CCCCCCCC.[Mo]. The topological polar surface area (TPSA) is 37.3 Å². The summed E-state index contributed by atoms with van der Waals surface area (Å²) in [5, 5.41) is 0. The minimum absolute atomic E-state index is 0. The molecule has 0 saturated heterocycles. The Balaban J connectivity index is 0. The number of rotatable bonds is 14. The maximum Gasteiger partial charge on any atom is 0.200 e. The Morgan fingerprint density at radius 2 is 0.950 bits per heavy atom. The number of unbranched alkanes of at least 4 members (excludes halogenated alkanes) is 10. The molecule has 0 atom stereocenters. The normalized spacial score (nSPS) is 11.3. The third kappa shape index (κ3) is 16.9. The molecule has 0 aromatic rings. The molecule has 2 nitrogen and oxygen atoms in total. The fourth-order valence-corrected chi connectivity index (χ4v) is 4.05. The zero-order valence-electron chi connectivity index (χ0n) is 13.6. The predicted octanol–water partition coefficient (Wildman–Crippen LogP) is 5.98. The van der Waals surface area contributed by atoms with Gasteiger partial charge in [-0.15, -0.1) is 0 Å². The van der Waals surface area contributed by atoms with Crippen molar-refractivity contribution < 1.29 is 30.5 Å². The second kappa shape index (κ2) is 16.3. The van der Waals surface area contributed by atoms with Gasteiger partial charge in [-0.1, -0.05) is 78.1 Å². The molecule has 0 aliphatic rings. The molecule has 0 fully saturated rings. The van der Waals surface area contributed by atoms with E-state index in [1.807, 2.05) is 0 Å². The Morgan fingerprint density at radius 3 is 1.30 bits per heavy atom. The molecule has 0 aliphatic carbocycles. The Morgan fingerprint density at radius 1 is 0.650 bits per heavy atom. The average Bonchev–Trinajstić information content (AvgIpc) is 2.38. The van der Waals surface area contributed by atoms with Gasteiger partial charge in [0.25, 0.3) is 0 Å². The van der Waals surface area contributed by atoms with Crippen LogP contribution in [0.3, 0.4) is 0 Å². The van der Waals surface area contributed by atoms with Crippen molar-refractivity contribution in [1.82, 2.24) is 0 Å². The fraction of sp³-hybridized carbons (Fsp3) is 1.00. The van der Waals surface area contributed by atoms with Gasteiger partial charge in [0.1, 0.15) is 0 Å². The molecular formula is C16H35MoO2P. The van der Waals surface area contributed by atoms with E-state index >= 15 is 0 Å². The summed E-state index contributed by atoms with van der Waals surface area (Å²) in [7, 11) is -2.80. The van der Waals surface area contributed by atoms with E-state index in [1.54, 1.807) is 0 Å². The Kier molecular flexibility index (Phi) is 18.8. The van der Waals surface area contributed by atoms with E-state index < -0.39 is 7.37 Å². The molecular weight excluding hydrogens is 351 g/mol. The summed E-state index contributed by atoms with van der Waals surface area (Å²) in [6.45, 7) is 4.42. The van der Waals surface area contributed by atoms with Gasteiger partial charge in [-0.25, -0.2) is 0 Å². The molecule has 0 heterocycles. The summed E-state index contributed by atoms with van der Waals surface area (Å²) in [6.07, 6.45) is 15.4. The first kappa shape index (κ1) is 23.1. The summed E-state index contributed by atoms with van der Waals surface area (Å²) in [6, 6.07) is 0. The van der Waals surface area contributed by atoms with Crippen molar-refractivity contribution in [3.05, 3.63) is 0 Å². The van der Waals surface area contributed by atoms with Crippen molar-refractivity contribution in [3.8, 4) is 0 Å². The van der Waals surface area contributed by atoms with E-state index in [9.17, 15) is 9.46 Å². The van der Waals surface area contributed by atoms with E-state index in [0.29, 0.717) is 12.3 Å². The van der Waals surface area contributed by atoms with Gasteiger partial charge in [-0.05, 0) is 12.8 Å². The van der Waals surface area contributed by atoms with Crippen molar-refractivity contribution in [2.75, 3.05) is 12.3 Å². The first-order chi connectivity index (χ1) is 9.12. The van der Waals surface area contributed by atoms with Crippen LogP contribution in [0.25, 0.3) is 0 Å². The number of hydrogen-bond acceptors (Lipinski definition) is 1. The van der Waals surface area contributed by atoms with Crippen molar-refractivity contribution >= 4 is 7.37 Å². The maximum absolute atomic E-state index is 11.9. The van der Waals surface area contributed by atoms with E-state index in [0.717, 1.165) is 25.7 Å². The largest absolute Gasteiger partial charge is 0.344 e. The number of hydrogen-bond donors (Lipinski definition) is 1. The molecule has 4 heteroatoms. The summed E-state index contributed by atoms with van der Waals surface area (Å²) < 4.78 is 11.9. The molecule has 0 unspecified atom stereocenters. The zero-order valence-corrected chi connectivity index (χ0v) is 16.5. The molecule has 1 N–H and O–H groups in total. The monoisotopic (exact) mass is 388 g/mol. The summed E-state index contributed by atoms with van der Waals surface area (Å²) in [5.74, 6) is 0. The van der Waals surface area contributed by atoms with E-state index in [1.165, 1.54) is 51.4 Å². The third-order valence-corrected chi connectivity index (χ3v) is 5.75. The second-order valence-electron chi connectivity index (χ2n) is 5.83. The van der Waals surface area contributed by atoms with Crippen LogP contribution in [0.5, 0.6) is 0 Å². The van der Waals surface area contributed by atoms with Gasteiger partial charge in [0.05, 0.1) is 0 Å². The summed E-state index contributed by atoms with van der Waals surface area (Å²) in [4.78, 5) is 9.88. The van der Waals surface area contributed by atoms with E-state index in [4.69, 9.17) is 0 Å². The fourth-order valence-electron chi connectivity index (χ4n) is 2.39. The molecule has 0 radical (unpaired) electrons. The summed E-state index contributed by atoms with van der Waals surface area (Å²) in [5.41, 5.74) is 0. The van der Waals surface area contributed by atoms with Crippen LogP contribution in [-0.2, 0) is 25.6 Å². The van der Waals surface area contributed by atoms with E-state index in [2.05, 4.69) is 13.8 Å². The Labute approximate surface area is 141 Å². The molecule has 0 spiro atoms. The first-order valence-electron chi connectivity index (χ1n) is 8.43.